The molecule has 5 heteroatoms. The van der Waals surface area contributed by atoms with Crippen LogP contribution in [0.15, 0.2) is 97.6 Å². The summed E-state index contributed by atoms with van der Waals surface area (Å²) in [5.74, 6) is -0.798. The molecule has 0 spiro atoms. The number of halogens is 1. The summed E-state index contributed by atoms with van der Waals surface area (Å²) < 4.78 is 27.5. The molecule has 3 aromatic rings. The summed E-state index contributed by atoms with van der Waals surface area (Å²) in [6.45, 7) is 3.55. The van der Waals surface area contributed by atoms with Crippen LogP contribution in [0.25, 0.3) is 0 Å². The standard InChI is InChI=1S/C22H19FNO2P/c1-2-22(25)24(19-15-13-18(23)14-16-19)17-27(26,20-9-5-3-6-10-20)21-11-7-4-8-12-21/h2-16H,1,17H2. The van der Waals surface area contributed by atoms with Crippen molar-refractivity contribution in [1.82, 2.24) is 0 Å². The van der Waals surface area contributed by atoms with Crippen molar-refractivity contribution in [3.05, 3.63) is 103 Å². The fourth-order valence-electron chi connectivity index (χ4n) is 2.86. The molecule has 0 aliphatic heterocycles. The molecule has 0 aliphatic rings. The van der Waals surface area contributed by atoms with Crippen molar-refractivity contribution in [3.8, 4) is 0 Å². The summed E-state index contributed by atoms with van der Waals surface area (Å²) in [4.78, 5) is 13.9. The van der Waals surface area contributed by atoms with E-state index in [4.69, 9.17) is 0 Å². The van der Waals surface area contributed by atoms with Crippen LogP contribution < -0.4 is 15.5 Å². The normalized spacial score (nSPS) is 11.0. The maximum atomic E-state index is 14.2. The summed E-state index contributed by atoms with van der Waals surface area (Å²) >= 11 is 0. The van der Waals surface area contributed by atoms with Gasteiger partial charge in [-0.3, -0.25) is 4.79 Å². The van der Waals surface area contributed by atoms with Gasteiger partial charge in [0.2, 0.25) is 0 Å². The molecule has 27 heavy (non-hydrogen) atoms. The molecule has 0 aliphatic carbocycles. The Morgan fingerprint density at radius 3 is 1.81 bits per heavy atom. The van der Waals surface area contributed by atoms with Gasteiger partial charge in [-0.2, -0.15) is 0 Å². The molecular weight excluding hydrogens is 360 g/mol. The zero-order chi connectivity index (χ0) is 19.3. The summed E-state index contributed by atoms with van der Waals surface area (Å²) in [6.07, 6.45) is 1.13. The van der Waals surface area contributed by atoms with E-state index in [1.54, 1.807) is 24.3 Å². The molecule has 1 amide bonds. The van der Waals surface area contributed by atoms with Crippen molar-refractivity contribution in [2.45, 2.75) is 0 Å². The predicted octanol–water partition coefficient (Wildman–Crippen LogP) is 4.32. The number of hydrogen-bond acceptors (Lipinski definition) is 2. The van der Waals surface area contributed by atoms with Crippen molar-refractivity contribution < 1.29 is 13.8 Å². The first-order valence-corrected chi connectivity index (χ1v) is 10.3. The second kappa shape index (κ2) is 8.15. The zero-order valence-corrected chi connectivity index (χ0v) is 15.6. The van der Waals surface area contributed by atoms with Crippen molar-refractivity contribution >= 4 is 29.3 Å². The van der Waals surface area contributed by atoms with Crippen LogP contribution in [-0.2, 0) is 9.36 Å². The zero-order valence-electron chi connectivity index (χ0n) is 14.7. The fourth-order valence-corrected chi connectivity index (χ4v) is 5.49. The second-order valence-corrected chi connectivity index (χ2v) is 8.79. The van der Waals surface area contributed by atoms with Gasteiger partial charge in [0.25, 0.3) is 5.91 Å². The Morgan fingerprint density at radius 1 is 0.889 bits per heavy atom. The Hall–Kier alpha value is -2.97. The largest absolute Gasteiger partial charge is 0.312 e. The first-order chi connectivity index (χ1) is 13.0. The number of carbonyl (C=O) groups excluding carboxylic acids is 1. The van der Waals surface area contributed by atoms with E-state index < -0.39 is 18.9 Å². The molecule has 3 aromatic carbocycles. The lowest BCUT2D eigenvalue weighted by molar-refractivity contribution is -0.114. The molecule has 0 saturated heterocycles. The van der Waals surface area contributed by atoms with Gasteiger partial charge >= 0.3 is 0 Å². The van der Waals surface area contributed by atoms with Crippen molar-refractivity contribution in [1.29, 1.82) is 0 Å². The average Bonchev–Trinajstić information content (AvgIpc) is 2.73. The predicted molar refractivity (Wildman–Crippen MR) is 109 cm³/mol. The first-order valence-electron chi connectivity index (χ1n) is 8.44. The highest BCUT2D eigenvalue weighted by Gasteiger charge is 2.31. The van der Waals surface area contributed by atoms with Gasteiger partial charge in [0.1, 0.15) is 5.82 Å². The molecule has 3 nitrogen and oxygen atoms in total. The minimum absolute atomic E-state index is 0.0441. The number of nitrogens with zero attached hydrogens (tertiary/aromatic N) is 1. The van der Waals surface area contributed by atoms with E-state index in [1.165, 1.54) is 35.2 Å². The Labute approximate surface area is 158 Å². The van der Waals surface area contributed by atoms with Gasteiger partial charge in [-0.1, -0.05) is 67.2 Å². The van der Waals surface area contributed by atoms with Gasteiger partial charge in [0.05, 0.1) is 6.29 Å². The van der Waals surface area contributed by atoms with Crippen LogP contribution in [0.1, 0.15) is 0 Å². The third-order valence-corrected chi connectivity index (χ3v) is 7.21. The monoisotopic (exact) mass is 379 g/mol. The summed E-state index contributed by atoms with van der Waals surface area (Å²) in [5, 5.41) is 1.31. The summed E-state index contributed by atoms with van der Waals surface area (Å²) in [5.41, 5.74) is 0.466. The molecule has 136 valence electrons. The van der Waals surface area contributed by atoms with Crippen LogP contribution in [0.5, 0.6) is 0 Å². The molecule has 0 radical (unpaired) electrons. The van der Waals surface area contributed by atoms with Crippen LogP contribution in [0.4, 0.5) is 10.1 Å². The Morgan fingerprint density at radius 2 is 1.37 bits per heavy atom. The molecule has 0 heterocycles. The molecule has 3 rings (SSSR count). The lowest BCUT2D eigenvalue weighted by Crippen LogP contribution is -2.34. The topological polar surface area (TPSA) is 37.4 Å². The van der Waals surface area contributed by atoms with Gasteiger partial charge in [0.15, 0.2) is 7.14 Å². The lowest BCUT2D eigenvalue weighted by Gasteiger charge is -2.28. The van der Waals surface area contributed by atoms with E-state index in [0.717, 1.165) is 0 Å². The molecule has 0 saturated carbocycles. The molecule has 0 unspecified atom stereocenters. The van der Waals surface area contributed by atoms with Crippen molar-refractivity contribution in [2.24, 2.45) is 0 Å². The van der Waals surface area contributed by atoms with E-state index >= 15 is 0 Å². The molecule has 0 fully saturated rings. The maximum Gasteiger partial charge on any atom is 0.250 e. The third kappa shape index (κ3) is 4.07. The first kappa shape index (κ1) is 18.8. The Balaban J connectivity index is 2.11. The van der Waals surface area contributed by atoms with Gasteiger partial charge < -0.3 is 9.46 Å². The number of amides is 1. The second-order valence-electron chi connectivity index (χ2n) is 6.00. The lowest BCUT2D eigenvalue weighted by atomic mass is 10.3. The molecular formula is C22H19FNO2P. The molecule has 0 aromatic heterocycles. The minimum atomic E-state index is -3.16. The smallest absolute Gasteiger partial charge is 0.250 e. The summed E-state index contributed by atoms with van der Waals surface area (Å²) in [6, 6.07) is 23.7. The average molecular weight is 379 g/mol. The molecule has 0 bridgehead atoms. The Bertz CT molecular complexity index is 929. The van der Waals surface area contributed by atoms with Gasteiger partial charge in [-0.05, 0) is 30.3 Å². The van der Waals surface area contributed by atoms with Crippen molar-refractivity contribution in [3.63, 3.8) is 0 Å². The fraction of sp³-hybridized carbons (Fsp3) is 0.0455. The van der Waals surface area contributed by atoms with Crippen LogP contribution in [0.2, 0.25) is 0 Å². The quantitative estimate of drug-likeness (QED) is 0.473. The highest BCUT2D eigenvalue weighted by molar-refractivity contribution is 7.78. The van der Waals surface area contributed by atoms with E-state index in [-0.39, 0.29) is 6.29 Å². The highest BCUT2D eigenvalue weighted by atomic mass is 31.2. The molecule has 0 atom stereocenters. The number of hydrogen-bond donors (Lipinski definition) is 0. The maximum absolute atomic E-state index is 14.2. The van der Waals surface area contributed by atoms with Gasteiger partial charge in [-0.15, -0.1) is 0 Å². The summed E-state index contributed by atoms with van der Waals surface area (Å²) in [7, 11) is -3.16. The van der Waals surface area contributed by atoms with Gasteiger partial charge in [-0.25, -0.2) is 4.39 Å². The minimum Gasteiger partial charge on any atom is -0.312 e. The van der Waals surface area contributed by atoms with Crippen LogP contribution in [-0.4, -0.2) is 12.2 Å². The van der Waals surface area contributed by atoms with E-state index in [0.29, 0.717) is 16.3 Å². The number of anilines is 1. The van der Waals surface area contributed by atoms with Crippen LogP contribution in [0, 0.1) is 5.82 Å². The van der Waals surface area contributed by atoms with Gasteiger partial charge in [0, 0.05) is 16.3 Å². The van der Waals surface area contributed by atoms with Crippen molar-refractivity contribution in [2.75, 3.05) is 11.2 Å². The SMILES string of the molecule is C=CC(=O)N(CP(=O)(c1ccccc1)c1ccccc1)c1ccc(F)cc1. The molecule has 0 N–H and O–H groups in total. The van der Waals surface area contributed by atoms with E-state index in [9.17, 15) is 13.8 Å². The number of rotatable bonds is 6. The third-order valence-electron chi connectivity index (χ3n) is 4.27. The number of benzene rings is 3. The Kier molecular flexibility index (Phi) is 5.68. The van der Waals surface area contributed by atoms with E-state index in [2.05, 4.69) is 6.58 Å². The van der Waals surface area contributed by atoms with Crippen LogP contribution >= 0.6 is 7.14 Å². The van der Waals surface area contributed by atoms with E-state index in [1.807, 2.05) is 36.4 Å². The van der Waals surface area contributed by atoms with Crippen LogP contribution in [0.3, 0.4) is 0 Å². The highest BCUT2D eigenvalue weighted by Crippen LogP contribution is 2.44. The number of carbonyl (C=O) groups is 1.